The highest BCUT2D eigenvalue weighted by Crippen LogP contribution is 2.24. The van der Waals surface area contributed by atoms with Crippen molar-refractivity contribution in [2.45, 2.75) is 27.2 Å². The molecule has 0 saturated heterocycles. The molecule has 0 saturated carbocycles. The lowest BCUT2D eigenvalue weighted by molar-refractivity contribution is 0.292. The fourth-order valence-electron chi connectivity index (χ4n) is 1.71. The van der Waals surface area contributed by atoms with Crippen LogP contribution < -0.4 is 10.1 Å². The van der Waals surface area contributed by atoms with Gasteiger partial charge in [-0.05, 0) is 31.9 Å². The highest BCUT2D eigenvalue weighted by molar-refractivity contribution is 6.31. The molecule has 0 bridgehead atoms. The Morgan fingerprint density at radius 1 is 1.19 bits per heavy atom. The average Bonchev–Trinajstić information content (AvgIpc) is 2.48. The zero-order valence-electron chi connectivity index (χ0n) is 12.5. The van der Waals surface area contributed by atoms with Crippen LogP contribution in [0.25, 0.3) is 11.4 Å². The first-order valence-electron chi connectivity index (χ1n) is 7.03. The number of hydrogen-bond donors (Lipinski definition) is 1. The number of benzene rings is 1. The molecule has 2 rings (SSSR count). The van der Waals surface area contributed by atoms with Crippen molar-refractivity contribution in [2.75, 3.05) is 18.5 Å². The second kappa shape index (κ2) is 7.22. The monoisotopic (exact) mass is 306 g/mol. The number of nitrogens with one attached hydrogen (secondary N) is 1. The minimum absolute atomic E-state index is 0.328. The highest BCUT2D eigenvalue weighted by atomic mass is 35.5. The van der Waals surface area contributed by atoms with Gasteiger partial charge in [0.25, 0.3) is 0 Å². The van der Waals surface area contributed by atoms with Crippen LogP contribution in [-0.4, -0.2) is 28.1 Å². The van der Waals surface area contributed by atoms with Crippen molar-refractivity contribution in [2.24, 2.45) is 0 Å². The van der Waals surface area contributed by atoms with Gasteiger partial charge < -0.3 is 10.1 Å². The molecular formula is C15H19ClN4O. The van der Waals surface area contributed by atoms with E-state index in [2.05, 4.69) is 20.3 Å². The Kier molecular flexibility index (Phi) is 5.33. The fourth-order valence-corrected chi connectivity index (χ4v) is 1.89. The Morgan fingerprint density at radius 3 is 2.67 bits per heavy atom. The lowest BCUT2D eigenvalue weighted by Gasteiger charge is -2.09. The summed E-state index contributed by atoms with van der Waals surface area (Å²) in [5.74, 6) is 1.05. The number of nitrogens with zero attached hydrogens (tertiary/aromatic N) is 3. The molecule has 1 aromatic carbocycles. The van der Waals surface area contributed by atoms with Crippen LogP contribution in [0.4, 0.5) is 5.95 Å². The maximum atomic E-state index is 6.17. The molecule has 0 unspecified atom stereocenters. The van der Waals surface area contributed by atoms with Crippen LogP contribution in [0.2, 0.25) is 5.02 Å². The maximum Gasteiger partial charge on any atom is 0.321 e. The zero-order chi connectivity index (χ0) is 15.2. The lowest BCUT2D eigenvalue weighted by atomic mass is 10.1. The van der Waals surface area contributed by atoms with Gasteiger partial charge in [-0.1, -0.05) is 30.7 Å². The van der Waals surface area contributed by atoms with Crippen molar-refractivity contribution in [1.82, 2.24) is 15.0 Å². The second-order valence-electron chi connectivity index (χ2n) is 4.61. The molecule has 0 aliphatic heterocycles. The van der Waals surface area contributed by atoms with Crippen molar-refractivity contribution in [1.29, 1.82) is 0 Å². The highest BCUT2D eigenvalue weighted by Gasteiger charge is 2.10. The average molecular weight is 307 g/mol. The molecule has 1 aromatic heterocycles. The summed E-state index contributed by atoms with van der Waals surface area (Å²) in [5.41, 5.74) is 1.86. The Labute approximate surface area is 129 Å². The first kappa shape index (κ1) is 15.5. The van der Waals surface area contributed by atoms with Gasteiger partial charge in [-0.15, -0.1) is 0 Å². The van der Waals surface area contributed by atoms with Gasteiger partial charge in [0.05, 0.1) is 6.61 Å². The summed E-state index contributed by atoms with van der Waals surface area (Å²) in [6, 6.07) is 6.07. The molecule has 0 spiro atoms. The molecule has 1 heterocycles. The third kappa shape index (κ3) is 4.04. The van der Waals surface area contributed by atoms with Crippen LogP contribution in [0.1, 0.15) is 25.8 Å². The molecule has 112 valence electrons. The Morgan fingerprint density at radius 2 is 2.00 bits per heavy atom. The van der Waals surface area contributed by atoms with Gasteiger partial charge in [0.1, 0.15) is 0 Å². The van der Waals surface area contributed by atoms with E-state index in [9.17, 15) is 0 Å². The summed E-state index contributed by atoms with van der Waals surface area (Å²) in [5, 5.41) is 3.77. The fraction of sp³-hybridized carbons (Fsp3) is 0.400. The number of ether oxygens (including phenoxy) is 1. The molecule has 0 amide bonds. The molecule has 21 heavy (non-hydrogen) atoms. The predicted molar refractivity (Wildman–Crippen MR) is 85.0 cm³/mol. The van der Waals surface area contributed by atoms with Gasteiger partial charge in [0.15, 0.2) is 5.82 Å². The van der Waals surface area contributed by atoms with E-state index >= 15 is 0 Å². The van der Waals surface area contributed by atoms with Gasteiger partial charge in [-0.3, -0.25) is 0 Å². The molecule has 0 atom stereocenters. The number of hydrogen-bond acceptors (Lipinski definition) is 5. The van der Waals surface area contributed by atoms with E-state index < -0.39 is 0 Å². The summed E-state index contributed by atoms with van der Waals surface area (Å²) in [6.45, 7) is 7.28. The minimum atomic E-state index is 0.328. The summed E-state index contributed by atoms with van der Waals surface area (Å²) < 4.78 is 5.52. The molecule has 0 radical (unpaired) electrons. The first-order valence-corrected chi connectivity index (χ1v) is 7.41. The van der Waals surface area contributed by atoms with Crippen LogP contribution in [0, 0.1) is 6.92 Å². The Bertz CT molecular complexity index is 619. The lowest BCUT2D eigenvalue weighted by Crippen LogP contribution is -2.08. The first-order chi connectivity index (χ1) is 10.1. The normalized spacial score (nSPS) is 10.5. The zero-order valence-corrected chi connectivity index (χ0v) is 13.2. The van der Waals surface area contributed by atoms with E-state index in [1.165, 1.54) is 0 Å². The number of anilines is 1. The van der Waals surface area contributed by atoms with Crippen LogP contribution in [0.15, 0.2) is 18.2 Å². The van der Waals surface area contributed by atoms with Gasteiger partial charge in [0.2, 0.25) is 5.95 Å². The SMILES string of the molecule is CCCOc1nc(NCC)nc(-c2ccc(C)c(Cl)c2)n1. The van der Waals surface area contributed by atoms with Crippen molar-refractivity contribution in [3.8, 4) is 17.4 Å². The summed E-state index contributed by atoms with van der Waals surface area (Å²) in [6.07, 6.45) is 0.897. The van der Waals surface area contributed by atoms with Crippen LogP contribution in [-0.2, 0) is 0 Å². The molecule has 6 heteroatoms. The molecule has 5 nitrogen and oxygen atoms in total. The van der Waals surface area contributed by atoms with E-state index in [4.69, 9.17) is 16.3 Å². The van der Waals surface area contributed by atoms with Crippen LogP contribution in [0.3, 0.4) is 0 Å². The summed E-state index contributed by atoms with van der Waals surface area (Å²) in [7, 11) is 0. The Hall–Kier alpha value is -1.88. The van der Waals surface area contributed by atoms with Gasteiger partial charge >= 0.3 is 6.01 Å². The molecule has 0 aliphatic rings. The Balaban J connectivity index is 2.40. The minimum Gasteiger partial charge on any atom is -0.463 e. The van der Waals surface area contributed by atoms with Crippen molar-refractivity contribution in [3.05, 3.63) is 28.8 Å². The molecule has 0 fully saturated rings. The standard InChI is InChI=1S/C15H19ClN4O/c1-4-8-21-15-19-13(18-14(20-15)17-5-2)11-7-6-10(3)12(16)9-11/h6-7,9H,4-5,8H2,1-3H3,(H,17,18,19,20). The van der Waals surface area contributed by atoms with E-state index in [1.807, 2.05) is 39.0 Å². The van der Waals surface area contributed by atoms with Crippen LogP contribution in [0.5, 0.6) is 6.01 Å². The molecule has 1 N–H and O–H groups in total. The molecule has 0 aliphatic carbocycles. The van der Waals surface area contributed by atoms with E-state index in [-0.39, 0.29) is 0 Å². The smallest absolute Gasteiger partial charge is 0.321 e. The predicted octanol–water partition coefficient (Wildman–Crippen LogP) is 3.72. The number of aryl methyl sites for hydroxylation is 1. The van der Waals surface area contributed by atoms with Crippen molar-refractivity contribution < 1.29 is 4.74 Å². The summed E-state index contributed by atoms with van der Waals surface area (Å²) >= 11 is 6.17. The van der Waals surface area contributed by atoms with E-state index in [1.54, 1.807) is 0 Å². The molecular weight excluding hydrogens is 288 g/mol. The van der Waals surface area contributed by atoms with Crippen molar-refractivity contribution >= 4 is 17.5 Å². The molecule has 2 aromatic rings. The third-order valence-corrected chi connectivity index (χ3v) is 3.22. The van der Waals surface area contributed by atoms with Gasteiger partial charge in [0, 0.05) is 17.1 Å². The second-order valence-corrected chi connectivity index (χ2v) is 5.02. The van der Waals surface area contributed by atoms with Gasteiger partial charge in [-0.25, -0.2) is 0 Å². The third-order valence-electron chi connectivity index (χ3n) is 2.82. The number of rotatable bonds is 6. The van der Waals surface area contributed by atoms with Crippen LogP contribution >= 0.6 is 11.6 Å². The largest absolute Gasteiger partial charge is 0.463 e. The number of aromatic nitrogens is 3. The van der Waals surface area contributed by atoms with E-state index in [0.29, 0.717) is 29.4 Å². The quantitative estimate of drug-likeness (QED) is 0.881. The summed E-state index contributed by atoms with van der Waals surface area (Å²) in [4.78, 5) is 13.0. The maximum absolute atomic E-state index is 6.17. The topological polar surface area (TPSA) is 59.9 Å². The van der Waals surface area contributed by atoms with E-state index in [0.717, 1.165) is 24.1 Å². The van der Waals surface area contributed by atoms with Gasteiger partial charge in [-0.2, -0.15) is 15.0 Å². The van der Waals surface area contributed by atoms with Crippen molar-refractivity contribution in [3.63, 3.8) is 0 Å². The number of halogens is 1.